The van der Waals surface area contributed by atoms with E-state index >= 15 is 0 Å². The van der Waals surface area contributed by atoms with Crippen LogP contribution in [0, 0.1) is 0 Å². The summed E-state index contributed by atoms with van der Waals surface area (Å²) in [4.78, 5) is 31.3. The number of rotatable bonds is 6. The van der Waals surface area contributed by atoms with Gasteiger partial charge >= 0.3 is 0 Å². The number of aromatic amines is 1. The van der Waals surface area contributed by atoms with E-state index in [4.69, 9.17) is 19.4 Å². The maximum atomic E-state index is 12.2. The monoisotopic (exact) mass is 453 g/mol. The average Bonchev–Trinajstić information content (AvgIpc) is 3.45. The fourth-order valence-corrected chi connectivity index (χ4v) is 4.92. The topological polar surface area (TPSA) is 109 Å². The van der Waals surface area contributed by atoms with E-state index in [0.717, 1.165) is 50.5 Å². The number of aromatic nitrogens is 5. The van der Waals surface area contributed by atoms with E-state index in [1.165, 1.54) is 7.11 Å². The number of carbonyl (C=O) groups excluding carboxylic acids is 1. The van der Waals surface area contributed by atoms with E-state index in [0.29, 0.717) is 25.6 Å². The first kappa shape index (κ1) is 20.7. The minimum atomic E-state index is -0.0668. The van der Waals surface area contributed by atoms with E-state index < -0.39 is 0 Å². The number of amides is 1. The molecular weight excluding hydrogens is 430 g/mol. The van der Waals surface area contributed by atoms with Crippen molar-refractivity contribution in [2.75, 3.05) is 52.0 Å². The second-order valence-corrected chi connectivity index (χ2v) is 8.74. The molecule has 0 atom stereocenters. The van der Waals surface area contributed by atoms with Gasteiger partial charge in [-0.1, -0.05) is 0 Å². The minimum absolute atomic E-state index is 0.0616. The van der Waals surface area contributed by atoms with Crippen LogP contribution in [-0.4, -0.2) is 83.0 Å². The third-order valence-electron chi connectivity index (χ3n) is 5.41. The summed E-state index contributed by atoms with van der Waals surface area (Å²) in [6.45, 7) is 3.39. The highest BCUT2D eigenvalue weighted by molar-refractivity contribution is 7.19. The molecule has 0 radical (unpaired) electrons. The fraction of sp³-hybridized carbons (Fsp3) is 0.381. The number of pyridine rings is 1. The number of hydrogen-bond donors (Lipinski definition) is 1. The van der Waals surface area contributed by atoms with Gasteiger partial charge in [0.2, 0.25) is 5.91 Å². The Balaban J connectivity index is 1.60. The van der Waals surface area contributed by atoms with Crippen LogP contribution >= 0.6 is 11.3 Å². The molecule has 32 heavy (non-hydrogen) atoms. The molecule has 4 aromatic rings. The molecule has 1 aliphatic heterocycles. The van der Waals surface area contributed by atoms with Crippen molar-refractivity contribution in [3.05, 3.63) is 29.5 Å². The number of nitrogens with zero attached hydrogens (tertiary/aromatic N) is 6. The molecule has 10 nitrogen and oxygen atoms in total. The number of ether oxygens (including phenoxy) is 2. The number of thiophene rings is 1. The smallest absolute Gasteiger partial charge is 0.248 e. The van der Waals surface area contributed by atoms with Crippen molar-refractivity contribution in [2.24, 2.45) is 0 Å². The first-order valence-corrected chi connectivity index (χ1v) is 11.1. The van der Waals surface area contributed by atoms with Crippen LogP contribution in [0.4, 0.5) is 5.82 Å². The lowest BCUT2D eigenvalue weighted by molar-refractivity contribution is -0.134. The molecule has 11 heteroatoms. The highest BCUT2D eigenvalue weighted by atomic mass is 32.1. The third-order valence-corrected chi connectivity index (χ3v) is 6.51. The molecule has 0 aliphatic carbocycles. The largest absolute Gasteiger partial charge is 0.378 e. The van der Waals surface area contributed by atoms with Gasteiger partial charge in [-0.2, -0.15) is 5.10 Å². The molecule has 166 valence electrons. The van der Waals surface area contributed by atoms with Crippen molar-refractivity contribution in [1.29, 1.82) is 0 Å². The van der Waals surface area contributed by atoms with Crippen molar-refractivity contribution in [3.63, 3.8) is 0 Å². The van der Waals surface area contributed by atoms with Gasteiger partial charge < -0.3 is 19.3 Å². The molecule has 1 N–H and O–H groups in total. The van der Waals surface area contributed by atoms with E-state index in [1.54, 1.807) is 41.9 Å². The van der Waals surface area contributed by atoms with Gasteiger partial charge in [-0.15, -0.1) is 11.3 Å². The number of nitrogens with one attached hydrogen (secondary N) is 1. The summed E-state index contributed by atoms with van der Waals surface area (Å²) in [5, 5.41) is 8.01. The summed E-state index contributed by atoms with van der Waals surface area (Å²) in [7, 11) is 3.29. The SMILES string of the molecule is COCC(=O)N(C)Cc1cc2nc(-c3cncc4[nH]ncc34)nc(N3CCOCC3)c2s1. The normalized spacial score (nSPS) is 14.4. The van der Waals surface area contributed by atoms with E-state index in [9.17, 15) is 4.79 Å². The second kappa shape index (κ2) is 8.77. The Morgan fingerprint density at radius 2 is 2.12 bits per heavy atom. The van der Waals surface area contributed by atoms with Crippen LogP contribution in [0.3, 0.4) is 0 Å². The number of likely N-dealkylation sites (N-methyl/N-ethyl adjacent to an activating group) is 1. The van der Waals surface area contributed by atoms with Gasteiger partial charge in [-0.05, 0) is 6.07 Å². The number of morpholine rings is 1. The zero-order valence-electron chi connectivity index (χ0n) is 17.9. The Bertz CT molecular complexity index is 1260. The number of H-pyrrole nitrogens is 1. The quantitative estimate of drug-likeness (QED) is 0.473. The summed E-state index contributed by atoms with van der Waals surface area (Å²) < 4.78 is 11.5. The molecule has 0 aromatic carbocycles. The molecule has 0 saturated carbocycles. The summed E-state index contributed by atoms with van der Waals surface area (Å²) >= 11 is 1.61. The number of anilines is 1. The van der Waals surface area contributed by atoms with Crippen LogP contribution in [0.5, 0.6) is 0 Å². The highest BCUT2D eigenvalue weighted by Gasteiger charge is 2.22. The maximum Gasteiger partial charge on any atom is 0.248 e. The minimum Gasteiger partial charge on any atom is -0.378 e. The Kier molecular flexibility index (Phi) is 5.68. The number of carbonyl (C=O) groups is 1. The first-order chi connectivity index (χ1) is 15.6. The summed E-state index contributed by atoms with van der Waals surface area (Å²) in [6, 6.07) is 2.04. The summed E-state index contributed by atoms with van der Waals surface area (Å²) in [5.74, 6) is 1.42. The predicted molar refractivity (Wildman–Crippen MR) is 122 cm³/mol. The molecule has 1 fully saturated rings. The lowest BCUT2D eigenvalue weighted by Gasteiger charge is -2.28. The van der Waals surface area contributed by atoms with Gasteiger partial charge in [-0.3, -0.25) is 14.9 Å². The molecule has 1 aliphatic rings. The number of methoxy groups -OCH3 is 1. The lowest BCUT2D eigenvalue weighted by atomic mass is 10.2. The van der Waals surface area contributed by atoms with Crippen molar-refractivity contribution >= 4 is 44.2 Å². The van der Waals surface area contributed by atoms with E-state index in [2.05, 4.69) is 20.1 Å². The Labute approximate surface area is 188 Å². The van der Waals surface area contributed by atoms with Crippen molar-refractivity contribution < 1.29 is 14.3 Å². The lowest BCUT2D eigenvalue weighted by Crippen LogP contribution is -2.36. The van der Waals surface area contributed by atoms with E-state index in [1.807, 2.05) is 6.07 Å². The zero-order valence-corrected chi connectivity index (χ0v) is 18.7. The molecule has 5 rings (SSSR count). The van der Waals surface area contributed by atoms with E-state index in [-0.39, 0.29) is 12.5 Å². The molecule has 1 saturated heterocycles. The molecule has 0 spiro atoms. The summed E-state index contributed by atoms with van der Waals surface area (Å²) in [5.41, 5.74) is 2.51. The van der Waals surface area contributed by atoms with Gasteiger partial charge in [-0.25, -0.2) is 9.97 Å². The number of hydrogen-bond acceptors (Lipinski definition) is 9. The maximum absolute atomic E-state index is 12.2. The Morgan fingerprint density at radius 1 is 1.28 bits per heavy atom. The highest BCUT2D eigenvalue weighted by Crippen LogP contribution is 2.36. The van der Waals surface area contributed by atoms with Crippen LogP contribution in [0.1, 0.15) is 4.88 Å². The first-order valence-electron chi connectivity index (χ1n) is 10.3. The Morgan fingerprint density at radius 3 is 2.94 bits per heavy atom. The molecule has 1 amide bonds. The van der Waals surface area contributed by atoms with Crippen LogP contribution in [0.25, 0.3) is 32.5 Å². The van der Waals surface area contributed by atoms with Gasteiger partial charge in [0.15, 0.2) is 11.6 Å². The molecular formula is C21H23N7O3S. The van der Waals surface area contributed by atoms with Crippen LogP contribution in [0.2, 0.25) is 0 Å². The molecule has 4 aromatic heterocycles. The average molecular weight is 454 g/mol. The molecule has 5 heterocycles. The zero-order chi connectivity index (χ0) is 22.1. The van der Waals surface area contributed by atoms with Crippen LogP contribution in [0.15, 0.2) is 24.7 Å². The molecule has 0 unspecified atom stereocenters. The fourth-order valence-electron chi connectivity index (χ4n) is 3.75. The van der Waals surface area contributed by atoms with Crippen LogP contribution in [-0.2, 0) is 20.8 Å². The summed E-state index contributed by atoms with van der Waals surface area (Å²) in [6.07, 6.45) is 5.28. The van der Waals surface area contributed by atoms with Crippen molar-refractivity contribution in [3.8, 4) is 11.4 Å². The standard InChI is InChI=1S/C21H23N7O3S/c1-27(18(29)12-30-2)11-13-7-16-19(32-13)21(28-3-5-31-6-4-28)25-20(24-16)15-8-22-10-17-14(15)9-23-26-17/h7-10H,3-6,11-12H2,1-2H3,(H,23,26). The van der Waals surface area contributed by atoms with Gasteiger partial charge in [0, 0.05) is 49.3 Å². The van der Waals surface area contributed by atoms with Gasteiger partial charge in [0.1, 0.15) is 6.61 Å². The predicted octanol–water partition coefficient (Wildman–Crippen LogP) is 2.07. The van der Waals surface area contributed by atoms with Crippen LogP contribution < -0.4 is 4.90 Å². The van der Waals surface area contributed by atoms with Gasteiger partial charge in [0.05, 0.1) is 47.9 Å². The number of fused-ring (bicyclic) bond motifs is 2. The molecule has 0 bridgehead atoms. The van der Waals surface area contributed by atoms with Crippen molar-refractivity contribution in [2.45, 2.75) is 6.54 Å². The Hall–Kier alpha value is -3.15. The van der Waals surface area contributed by atoms with Gasteiger partial charge in [0.25, 0.3) is 0 Å². The second-order valence-electron chi connectivity index (χ2n) is 7.60. The van der Waals surface area contributed by atoms with Crippen molar-refractivity contribution in [1.82, 2.24) is 30.0 Å². The third kappa shape index (κ3) is 3.90.